The fourth-order valence-corrected chi connectivity index (χ4v) is 3.18. The highest BCUT2D eigenvalue weighted by Gasteiger charge is 2.18. The van der Waals surface area contributed by atoms with Gasteiger partial charge in [0.15, 0.2) is 0 Å². The standard InChI is InChI=1S/C16H12BrClFNO/c17-16(11-1-4-13(19)12(18)8-11)10-2-5-14-9(7-10)3-6-15(21)20-14/h1-2,4-5,7-8,16H,3,6H2,(H,20,21). The van der Waals surface area contributed by atoms with Crippen LogP contribution in [0.4, 0.5) is 10.1 Å². The van der Waals surface area contributed by atoms with Crippen molar-refractivity contribution in [3.63, 3.8) is 0 Å². The highest BCUT2D eigenvalue weighted by molar-refractivity contribution is 9.09. The lowest BCUT2D eigenvalue weighted by molar-refractivity contribution is -0.116. The monoisotopic (exact) mass is 367 g/mol. The largest absolute Gasteiger partial charge is 0.326 e. The van der Waals surface area contributed by atoms with Gasteiger partial charge in [0, 0.05) is 12.1 Å². The molecule has 5 heteroatoms. The molecule has 0 aliphatic carbocycles. The normalized spacial score (nSPS) is 15.3. The smallest absolute Gasteiger partial charge is 0.224 e. The summed E-state index contributed by atoms with van der Waals surface area (Å²) in [6.07, 6.45) is 1.24. The number of hydrogen-bond donors (Lipinski definition) is 1. The second-order valence-electron chi connectivity index (χ2n) is 5.00. The van der Waals surface area contributed by atoms with Crippen LogP contribution in [0, 0.1) is 5.82 Å². The van der Waals surface area contributed by atoms with Crippen molar-refractivity contribution in [3.05, 3.63) is 63.9 Å². The summed E-state index contributed by atoms with van der Waals surface area (Å²) in [4.78, 5) is 11.3. The molecule has 2 aromatic rings. The van der Waals surface area contributed by atoms with Gasteiger partial charge in [-0.15, -0.1) is 0 Å². The lowest BCUT2D eigenvalue weighted by Crippen LogP contribution is -2.19. The maximum absolute atomic E-state index is 13.2. The summed E-state index contributed by atoms with van der Waals surface area (Å²) in [5, 5.41) is 2.97. The van der Waals surface area contributed by atoms with Crippen LogP contribution < -0.4 is 5.32 Å². The number of nitrogens with one attached hydrogen (secondary N) is 1. The Morgan fingerprint density at radius 1 is 1.14 bits per heavy atom. The van der Waals surface area contributed by atoms with Gasteiger partial charge in [-0.2, -0.15) is 0 Å². The minimum Gasteiger partial charge on any atom is -0.326 e. The summed E-state index contributed by atoms with van der Waals surface area (Å²) in [6.45, 7) is 0. The van der Waals surface area contributed by atoms with E-state index in [2.05, 4.69) is 27.3 Å². The maximum Gasteiger partial charge on any atom is 0.224 e. The number of alkyl halides is 1. The number of hydrogen-bond acceptors (Lipinski definition) is 1. The van der Waals surface area contributed by atoms with Crippen LogP contribution in [-0.4, -0.2) is 5.91 Å². The molecule has 3 rings (SSSR count). The molecule has 0 radical (unpaired) electrons. The van der Waals surface area contributed by atoms with E-state index in [9.17, 15) is 9.18 Å². The first-order valence-electron chi connectivity index (χ1n) is 6.56. The topological polar surface area (TPSA) is 29.1 Å². The number of benzene rings is 2. The van der Waals surface area contributed by atoms with E-state index in [0.29, 0.717) is 6.42 Å². The Kier molecular flexibility index (Phi) is 4.00. The van der Waals surface area contributed by atoms with Crippen molar-refractivity contribution in [2.75, 3.05) is 5.32 Å². The predicted octanol–water partition coefficient (Wildman–Crippen LogP) is 4.85. The number of carbonyl (C=O) groups excluding carboxylic acids is 1. The molecule has 2 nitrogen and oxygen atoms in total. The first-order valence-corrected chi connectivity index (χ1v) is 7.85. The molecule has 0 bridgehead atoms. The SMILES string of the molecule is O=C1CCc2cc(C(Br)c3ccc(F)c(Cl)c3)ccc2N1. The van der Waals surface area contributed by atoms with Gasteiger partial charge in [0.2, 0.25) is 5.91 Å². The second-order valence-corrected chi connectivity index (χ2v) is 6.32. The number of amides is 1. The van der Waals surface area contributed by atoms with Crippen molar-refractivity contribution in [2.24, 2.45) is 0 Å². The molecule has 1 N–H and O–H groups in total. The van der Waals surface area contributed by atoms with Gasteiger partial charge in [0.05, 0.1) is 9.85 Å². The Hall–Kier alpha value is -1.39. The van der Waals surface area contributed by atoms with Crippen LogP contribution in [0.5, 0.6) is 0 Å². The Morgan fingerprint density at radius 2 is 1.86 bits per heavy atom. The molecule has 1 aliphatic rings. The number of fused-ring (bicyclic) bond motifs is 1. The van der Waals surface area contributed by atoms with E-state index in [0.717, 1.165) is 28.8 Å². The third-order valence-corrected chi connectivity index (χ3v) is 4.90. The zero-order chi connectivity index (χ0) is 15.0. The molecular weight excluding hydrogens is 357 g/mol. The van der Waals surface area contributed by atoms with E-state index in [1.54, 1.807) is 12.1 Å². The fraction of sp³-hybridized carbons (Fsp3) is 0.188. The molecule has 0 saturated carbocycles. The lowest BCUT2D eigenvalue weighted by Gasteiger charge is -2.19. The number of aryl methyl sites for hydroxylation is 1. The van der Waals surface area contributed by atoms with Crippen LogP contribution >= 0.6 is 27.5 Å². The van der Waals surface area contributed by atoms with Gasteiger partial charge in [-0.1, -0.05) is 45.7 Å². The van der Waals surface area contributed by atoms with E-state index in [1.165, 1.54) is 6.07 Å². The summed E-state index contributed by atoms with van der Waals surface area (Å²) >= 11 is 9.46. The average molecular weight is 369 g/mol. The minimum absolute atomic E-state index is 0.0518. The van der Waals surface area contributed by atoms with Gasteiger partial charge in [-0.05, 0) is 41.3 Å². The van der Waals surface area contributed by atoms with Crippen molar-refractivity contribution in [1.29, 1.82) is 0 Å². The Morgan fingerprint density at radius 3 is 2.62 bits per heavy atom. The molecule has 0 fully saturated rings. The van der Waals surface area contributed by atoms with E-state index in [-0.39, 0.29) is 15.8 Å². The van der Waals surface area contributed by atoms with Crippen LogP contribution in [0.3, 0.4) is 0 Å². The van der Waals surface area contributed by atoms with Crippen LogP contribution in [0.25, 0.3) is 0 Å². The minimum atomic E-state index is -0.423. The number of rotatable bonds is 2. The summed E-state index contributed by atoms with van der Waals surface area (Å²) in [5.41, 5.74) is 3.92. The van der Waals surface area contributed by atoms with Crippen molar-refractivity contribution in [2.45, 2.75) is 17.7 Å². The fourth-order valence-electron chi connectivity index (χ4n) is 2.42. The molecule has 1 aliphatic heterocycles. The molecule has 1 amide bonds. The van der Waals surface area contributed by atoms with E-state index in [1.807, 2.05) is 12.1 Å². The third kappa shape index (κ3) is 2.97. The van der Waals surface area contributed by atoms with Gasteiger partial charge < -0.3 is 5.32 Å². The van der Waals surface area contributed by atoms with Gasteiger partial charge in [-0.25, -0.2) is 4.39 Å². The second kappa shape index (κ2) is 5.78. The van der Waals surface area contributed by atoms with Crippen LogP contribution in [0.2, 0.25) is 5.02 Å². The van der Waals surface area contributed by atoms with Gasteiger partial charge >= 0.3 is 0 Å². The molecule has 108 valence electrons. The number of anilines is 1. The number of carbonyl (C=O) groups is 1. The van der Waals surface area contributed by atoms with Crippen molar-refractivity contribution in [3.8, 4) is 0 Å². The van der Waals surface area contributed by atoms with Gasteiger partial charge in [0.25, 0.3) is 0 Å². The van der Waals surface area contributed by atoms with Gasteiger partial charge in [-0.3, -0.25) is 4.79 Å². The average Bonchev–Trinajstić information content (AvgIpc) is 2.49. The van der Waals surface area contributed by atoms with E-state index < -0.39 is 5.82 Å². The highest BCUT2D eigenvalue weighted by Crippen LogP contribution is 2.35. The van der Waals surface area contributed by atoms with Crippen LogP contribution in [0.15, 0.2) is 36.4 Å². The van der Waals surface area contributed by atoms with E-state index >= 15 is 0 Å². The number of halogens is 3. The summed E-state index contributed by atoms with van der Waals surface area (Å²) in [6, 6.07) is 10.6. The van der Waals surface area contributed by atoms with E-state index in [4.69, 9.17) is 11.6 Å². The van der Waals surface area contributed by atoms with Gasteiger partial charge in [0.1, 0.15) is 5.82 Å². The molecule has 0 spiro atoms. The first kappa shape index (κ1) is 14.5. The molecule has 1 unspecified atom stereocenters. The van der Waals surface area contributed by atoms with Crippen LogP contribution in [0.1, 0.15) is 27.9 Å². The Balaban J connectivity index is 1.93. The van der Waals surface area contributed by atoms with Crippen molar-refractivity contribution >= 4 is 39.1 Å². The van der Waals surface area contributed by atoms with Crippen molar-refractivity contribution in [1.82, 2.24) is 0 Å². The third-order valence-electron chi connectivity index (χ3n) is 3.55. The van der Waals surface area contributed by atoms with Crippen LogP contribution in [-0.2, 0) is 11.2 Å². The lowest BCUT2D eigenvalue weighted by atomic mass is 9.97. The highest BCUT2D eigenvalue weighted by atomic mass is 79.9. The molecule has 21 heavy (non-hydrogen) atoms. The summed E-state index contributed by atoms with van der Waals surface area (Å²) in [5.74, 6) is -0.371. The Bertz CT molecular complexity index is 719. The maximum atomic E-state index is 13.2. The molecule has 0 saturated heterocycles. The van der Waals surface area contributed by atoms with Crippen molar-refractivity contribution < 1.29 is 9.18 Å². The molecule has 1 heterocycles. The molecule has 2 aromatic carbocycles. The summed E-state index contributed by atoms with van der Waals surface area (Å²) < 4.78 is 13.2. The molecule has 1 atom stereocenters. The molecule has 0 aromatic heterocycles. The molecular formula is C16H12BrClFNO. The zero-order valence-electron chi connectivity index (χ0n) is 11.0. The quantitative estimate of drug-likeness (QED) is 0.755. The Labute approximate surface area is 135 Å². The first-order chi connectivity index (χ1) is 10.0. The zero-order valence-corrected chi connectivity index (χ0v) is 13.3. The summed E-state index contributed by atoms with van der Waals surface area (Å²) in [7, 11) is 0. The predicted molar refractivity (Wildman–Crippen MR) is 85.6 cm³/mol.